The van der Waals surface area contributed by atoms with Crippen LogP contribution < -0.4 is 14.9 Å². The number of hydrogen-bond acceptors (Lipinski definition) is 8. The average molecular weight is 579 g/mol. The number of hydrazone groups is 1. The lowest BCUT2D eigenvalue weighted by Crippen LogP contribution is -2.17. The van der Waals surface area contributed by atoms with Gasteiger partial charge in [-0.2, -0.15) is 10.2 Å². The summed E-state index contributed by atoms with van der Waals surface area (Å²) in [6.07, 6.45) is 3.45. The second-order valence-corrected chi connectivity index (χ2v) is 10.3. The van der Waals surface area contributed by atoms with Crippen molar-refractivity contribution in [2.45, 2.75) is 24.8 Å². The largest absolute Gasteiger partial charge is 0.493 e. The van der Waals surface area contributed by atoms with E-state index in [0.29, 0.717) is 34.1 Å². The molecule has 1 amide bonds. The second-order valence-electron chi connectivity index (χ2n) is 9.40. The van der Waals surface area contributed by atoms with Gasteiger partial charge in [0.2, 0.25) is 0 Å². The number of amides is 1. The van der Waals surface area contributed by atoms with E-state index in [4.69, 9.17) is 14.6 Å². The van der Waals surface area contributed by atoms with Crippen molar-refractivity contribution in [3.63, 3.8) is 0 Å². The summed E-state index contributed by atoms with van der Waals surface area (Å²) in [6.45, 7) is 3.92. The van der Waals surface area contributed by atoms with Gasteiger partial charge < -0.3 is 9.47 Å². The monoisotopic (exact) mass is 578 g/mol. The molecule has 0 atom stereocenters. The molecule has 2 aromatic heterocycles. The van der Waals surface area contributed by atoms with Crippen LogP contribution in [0.25, 0.3) is 16.9 Å². The first-order chi connectivity index (χ1) is 20.4. The van der Waals surface area contributed by atoms with Gasteiger partial charge in [0.25, 0.3) is 5.91 Å². The molecule has 0 unspecified atom stereocenters. The van der Waals surface area contributed by atoms with Crippen molar-refractivity contribution >= 4 is 23.9 Å². The topological polar surface area (TPSA) is 104 Å². The van der Waals surface area contributed by atoms with Gasteiger partial charge in [-0.3, -0.25) is 4.79 Å². The maximum atomic E-state index is 12.8. The van der Waals surface area contributed by atoms with Crippen LogP contribution in [0, 0.1) is 13.8 Å². The molecule has 42 heavy (non-hydrogen) atoms. The van der Waals surface area contributed by atoms with Crippen LogP contribution in [0.1, 0.15) is 32.9 Å². The van der Waals surface area contributed by atoms with Gasteiger partial charge in [0, 0.05) is 40.0 Å². The first kappa shape index (κ1) is 28.6. The zero-order valence-corrected chi connectivity index (χ0v) is 24.6. The molecule has 0 radical (unpaired) electrons. The molecule has 9 nitrogen and oxygen atoms in total. The van der Waals surface area contributed by atoms with E-state index in [0.717, 1.165) is 33.4 Å². The summed E-state index contributed by atoms with van der Waals surface area (Å²) in [4.78, 5) is 21.8. The molecule has 0 saturated carbocycles. The number of rotatable bonds is 10. The molecule has 0 aliphatic rings. The van der Waals surface area contributed by atoms with Gasteiger partial charge in [-0.1, -0.05) is 42.1 Å². The first-order valence-electron chi connectivity index (χ1n) is 13.2. The highest BCUT2D eigenvalue weighted by atomic mass is 32.2. The van der Waals surface area contributed by atoms with E-state index in [-0.39, 0.29) is 5.91 Å². The number of methoxy groups -OCH3 is 2. The Balaban J connectivity index is 1.31. The predicted octanol–water partition coefficient (Wildman–Crippen LogP) is 6.02. The number of nitrogens with zero attached hydrogens (tertiary/aromatic N) is 5. The highest BCUT2D eigenvalue weighted by Gasteiger charge is 2.14. The normalized spacial score (nSPS) is 11.0. The molecule has 2 heterocycles. The van der Waals surface area contributed by atoms with Crippen LogP contribution in [0.3, 0.4) is 0 Å². The third-order valence-electron chi connectivity index (χ3n) is 6.34. The van der Waals surface area contributed by atoms with E-state index in [1.54, 1.807) is 49.0 Å². The first-order valence-corrected chi connectivity index (χ1v) is 14.2. The van der Waals surface area contributed by atoms with Crippen LogP contribution in [0.5, 0.6) is 11.5 Å². The van der Waals surface area contributed by atoms with Crippen LogP contribution in [0.2, 0.25) is 0 Å². The van der Waals surface area contributed by atoms with Crippen LogP contribution in [0.4, 0.5) is 0 Å². The molecule has 212 valence electrons. The molecule has 0 aliphatic heterocycles. The number of aromatic nitrogens is 4. The maximum Gasteiger partial charge on any atom is 0.271 e. The van der Waals surface area contributed by atoms with Crippen molar-refractivity contribution in [3.05, 3.63) is 113 Å². The molecule has 0 bridgehead atoms. The fourth-order valence-electron chi connectivity index (χ4n) is 4.29. The predicted molar refractivity (Wildman–Crippen MR) is 165 cm³/mol. The number of aryl methyl sites for hydroxylation is 2. The molecule has 0 aliphatic carbocycles. The zero-order valence-electron chi connectivity index (χ0n) is 23.7. The van der Waals surface area contributed by atoms with Crippen molar-refractivity contribution in [1.82, 2.24) is 25.2 Å². The number of carbonyl (C=O) groups excluding carboxylic acids is 1. The number of para-hydroxylation sites is 1. The SMILES string of the molecule is COc1ccc(-c2nn(-c3ccccc3)cc2/C=N/NC(=O)c2ccc(CSc3nc(C)cc(C)n3)cc2)cc1OC. The Morgan fingerprint density at radius 1 is 0.929 bits per heavy atom. The van der Waals surface area contributed by atoms with Gasteiger partial charge in [-0.15, -0.1) is 0 Å². The second kappa shape index (κ2) is 13.1. The summed E-state index contributed by atoms with van der Waals surface area (Å²) in [6, 6.07) is 24.7. The van der Waals surface area contributed by atoms with Crippen molar-refractivity contribution in [2.24, 2.45) is 5.10 Å². The molecule has 0 spiro atoms. The van der Waals surface area contributed by atoms with Gasteiger partial charge in [0.1, 0.15) is 5.69 Å². The van der Waals surface area contributed by atoms with Crippen LogP contribution >= 0.6 is 11.8 Å². The maximum absolute atomic E-state index is 12.8. The van der Waals surface area contributed by atoms with Crippen LogP contribution in [-0.2, 0) is 5.75 Å². The number of nitrogens with one attached hydrogen (secondary N) is 1. The summed E-state index contributed by atoms with van der Waals surface area (Å²) < 4.78 is 12.6. The van der Waals surface area contributed by atoms with Gasteiger partial charge in [0.15, 0.2) is 16.7 Å². The Hall–Kier alpha value is -4.96. The van der Waals surface area contributed by atoms with Crippen molar-refractivity contribution in [2.75, 3.05) is 14.2 Å². The molecular formula is C32H30N6O3S. The fraction of sp³-hybridized carbons (Fsp3) is 0.156. The van der Waals surface area contributed by atoms with Crippen molar-refractivity contribution < 1.29 is 14.3 Å². The zero-order chi connectivity index (χ0) is 29.5. The summed E-state index contributed by atoms with van der Waals surface area (Å²) in [5.74, 6) is 1.59. The molecule has 5 aromatic rings. The highest BCUT2D eigenvalue weighted by molar-refractivity contribution is 7.98. The van der Waals surface area contributed by atoms with Crippen molar-refractivity contribution in [1.29, 1.82) is 0 Å². The summed E-state index contributed by atoms with van der Waals surface area (Å²) in [5.41, 5.74) is 9.19. The molecular weight excluding hydrogens is 548 g/mol. The van der Waals surface area contributed by atoms with E-state index in [2.05, 4.69) is 20.5 Å². The minimum absolute atomic E-state index is 0.314. The highest BCUT2D eigenvalue weighted by Crippen LogP contribution is 2.33. The third-order valence-corrected chi connectivity index (χ3v) is 7.25. The Kier molecular flexibility index (Phi) is 8.93. The van der Waals surface area contributed by atoms with Gasteiger partial charge in [-0.05, 0) is 67.9 Å². The van der Waals surface area contributed by atoms with Gasteiger partial charge >= 0.3 is 0 Å². The Bertz CT molecular complexity index is 1700. The van der Waals surface area contributed by atoms with E-state index in [1.165, 1.54) is 0 Å². The van der Waals surface area contributed by atoms with Crippen LogP contribution in [0.15, 0.2) is 95.3 Å². The average Bonchev–Trinajstić information content (AvgIpc) is 3.44. The standard InChI is InChI=1S/C32H30N6O3S/c1-21-16-22(2)35-32(34-21)42-20-23-10-12-24(13-11-23)31(39)36-33-18-26-19-38(27-8-6-5-7-9-27)37-30(26)25-14-15-28(40-3)29(17-25)41-4/h5-19H,20H2,1-4H3,(H,36,39)/b33-18+. The number of carbonyl (C=O) groups is 1. The molecule has 0 saturated heterocycles. The fourth-order valence-corrected chi connectivity index (χ4v) is 5.19. The number of hydrogen-bond donors (Lipinski definition) is 1. The molecule has 10 heteroatoms. The summed E-state index contributed by atoms with van der Waals surface area (Å²) in [5, 5.41) is 9.79. The molecule has 5 rings (SSSR count). The van der Waals surface area contributed by atoms with Crippen molar-refractivity contribution in [3.8, 4) is 28.4 Å². The lowest BCUT2D eigenvalue weighted by atomic mass is 10.1. The summed E-state index contributed by atoms with van der Waals surface area (Å²) >= 11 is 1.56. The minimum Gasteiger partial charge on any atom is -0.493 e. The minimum atomic E-state index is -0.314. The smallest absolute Gasteiger partial charge is 0.271 e. The molecule has 3 aromatic carbocycles. The number of ether oxygens (including phenoxy) is 2. The lowest BCUT2D eigenvalue weighted by Gasteiger charge is -2.09. The van der Waals surface area contributed by atoms with E-state index in [9.17, 15) is 4.79 Å². The van der Waals surface area contributed by atoms with E-state index >= 15 is 0 Å². The van der Waals surface area contributed by atoms with Crippen LogP contribution in [-0.4, -0.2) is 46.1 Å². The lowest BCUT2D eigenvalue weighted by molar-refractivity contribution is 0.0955. The van der Waals surface area contributed by atoms with Gasteiger partial charge in [0.05, 0.1) is 26.1 Å². The Morgan fingerprint density at radius 2 is 1.64 bits per heavy atom. The van der Waals surface area contributed by atoms with E-state index in [1.807, 2.05) is 86.8 Å². The Morgan fingerprint density at radius 3 is 2.33 bits per heavy atom. The Labute approximate surface area is 248 Å². The number of thioether (sulfide) groups is 1. The molecule has 0 fully saturated rings. The summed E-state index contributed by atoms with van der Waals surface area (Å²) in [7, 11) is 3.18. The van der Waals surface area contributed by atoms with Gasteiger partial charge in [-0.25, -0.2) is 20.1 Å². The quantitative estimate of drug-likeness (QED) is 0.0936. The number of benzene rings is 3. The van der Waals surface area contributed by atoms with E-state index < -0.39 is 0 Å². The molecule has 1 N–H and O–H groups in total. The third kappa shape index (κ3) is 6.84.